The number of likely N-dealkylation sites (tertiary alicyclic amines) is 1. The summed E-state index contributed by atoms with van der Waals surface area (Å²) in [5, 5.41) is 13.0. The van der Waals surface area contributed by atoms with Gasteiger partial charge in [-0.15, -0.1) is 0 Å². The first-order valence-electron chi connectivity index (χ1n) is 6.03. The van der Waals surface area contributed by atoms with Crippen molar-refractivity contribution in [3.8, 4) is 0 Å². The fraction of sp³-hybridized carbons (Fsp3) is 0.538. The van der Waals surface area contributed by atoms with Gasteiger partial charge in [-0.1, -0.05) is 30.3 Å². The lowest BCUT2D eigenvalue weighted by Crippen LogP contribution is -2.35. The van der Waals surface area contributed by atoms with E-state index >= 15 is 0 Å². The largest absolute Gasteiger partial charge is 0.378 e. The quantitative estimate of drug-likeness (QED) is 0.732. The average molecular weight is 220 g/mol. The van der Waals surface area contributed by atoms with Crippen LogP contribution in [0.2, 0.25) is 0 Å². The second-order valence-corrected chi connectivity index (χ2v) is 4.32. The van der Waals surface area contributed by atoms with E-state index in [0.29, 0.717) is 0 Å². The molecule has 2 rings (SSSR count). The molecule has 0 radical (unpaired) electrons. The van der Waals surface area contributed by atoms with Gasteiger partial charge in [0, 0.05) is 26.2 Å². The van der Waals surface area contributed by atoms with Crippen molar-refractivity contribution < 1.29 is 5.11 Å². The normalized spacial score (nSPS) is 21.4. The lowest BCUT2D eigenvalue weighted by Gasteiger charge is -2.19. The van der Waals surface area contributed by atoms with Gasteiger partial charge in [-0.25, -0.2) is 0 Å². The zero-order valence-electron chi connectivity index (χ0n) is 9.60. The molecule has 1 aliphatic rings. The van der Waals surface area contributed by atoms with E-state index in [9.17, 15) is 5.11 Å². The summed E-state index contributed by atoms with van der Waals surface area (Å²) < 4.78 is 0. The summed E-state index contributed by atoms with van der Waals surface area (Å²) in [6.07, 6.45) is 1.84. The van der Waals surface area contributed by atoms with E-state index in [0.717, 1.165) is 39.0 Å². The van der Waals surface area contributed by atoms with Gasteiger partial charge in [0.1, 0.15) is 6.23 Å². The smallest absolute Gasteiger partial charge is 0.107 e. The lowest BCUT2D eigenvalue weighted by atomic mass is 10.2. The first-order chi connectivity index (χ1) is 7.86. The third-order valence-electron chi connectivity index (χ3n) is 3.08. The highest BCUT2D eigenvalue weighted by Gasteiger charge is 2.20. The molecule has 1 atom stereocenters. The van der Waals surface area contributed by atoms with Crippen molar-refractivity contribution in [3.63, 3.8) is 0 Å². The second kappa shape index (κ2) is 5.99. The number of aliphatic hydroxyl groups excluding tert-OH is 1. The third kappa shape index (κ3) is 3.30. The average Bonchev–Trinajstić information content (AvgIpc) is 2.72. The minimum Gasteiger partial charge on any atom is -0.378 e. The molecule has 1 aromatic carbocycles. The summed E-state index contributed by atoms with van der Waals surface area (Å²) in [4.78, 5) is 2.14. The molecule has 1 unspecified atom stereocenters. The minimum atomic E-state index is -0.210. The first-order valence-corrected chi connectivity index (χ1v) is 6.03. The van der Waals surface area contributed by atoms with Gasteiger partial charge in [-0.2, -0.15) is 0 Å². The summed E-state index contributed by atoms with van der Waals surface area (Å²) in [6, 6.07) is 10.4. The third-order valence-corrected chi connectivity index (χ3v) is 3.08. The van der Waals surface area contributed by atoms with Crippen molar-refractivity contribution in [2.24, 2.45) is 0 Å². The predicted octanol–water partition coefficient (Wildman–Crippen LogP) is 1.19. The van der Waals surface area contributed by atoms with Crippen molar-refractivity contribution in [2.45, 2.75) is 25.6 Å². The van der Waals surface area contributed by atoms with Gasteiger partial charge in [0.15, 0.2) is 0 Å². The molecule has 1 fully saturated rings. The predicted molar refractivity (Wildman–Crippen MR) is 65.0 cm³/mol. The monoisotopic (exact) mass is 220 g/mol. The molecule has 16 heavy (non-hydrogen) atoms. The molecule has 1 aromatic rings. The van der Waals surface area contributed by atoms with Crippen LogP contribution in [0.25, 0.3) is 0 Å². The highest BCUT2D eigenvalue weighted by Crippen LogP contribution is 2.13. The van der Waals surface area contributed by atoms with Crippen molar-refractivity contribution in [1.82, 2.24) is 10.2 Å². The maximum absolute atomic E-state index is 9.60. The summed E-state index contributed by atoms with van der Waals surface area (Å²) in [5.74, 6) is 0. The molecule has 3 nitrogen and oxygen atoms in total. The van der Waals surface area contributed by atoms with E-state index < -0.39 is 0 Å². The van der Waals surface area contributed by atoms with Crippen molar-refractivity contribution in [1.29, 1.82) is 0 Å². The molecular formula is C13H20N2O. The van der Waals surface area contributed by atoms with Gasteiger partial charge >= 0.3 is 0 Å². The van der Waals surface area contributed by atoms with E-state index in [1.54, 1.807) is 0 Å². The molecule has 1 aliphatic heterocycles. The number of nitrogens with one attached hydrogen (secondary N) is 1. The van der Waals surface area contributed by atoms with Gasteiger partial charge in [-0.3, -0.25) is 4.90 Å². The molecule has 0 amide bonds. The van der Waals surface area contributed by atoms with E-state index in [2.05, 4.69) is 34.5 Å². The minimum absolute atomic E-state index is 0.210. The van der Waals surface area contributed by atoms with E-state index in [4.69, 9.17) is 0 Å². The van der Waals surface area contributed by atoms with Crippen LogP contribution in [0.4, 0.5) is 0 Å². The Morgan fingerprint density at radius 2 is 2.12 bits per heavy atom. The zero-order valence-corrected chi connectivity index (χ0v) is 9.60. The van der Waals surface area contributed by atoms with Crippen molar-refractivity contribution in [2.75, 3.05) is 19.6 Å². The molecule has 0 aliphatic carbocycles. The number of nitrogens with zero attached hydrogens (tertiary/aromatic N) is 1. The maximum Gasteiger partial charge on any atom is 0.107 e. The Kier molecular flexibility index (Phi) is 4.34. The summed E-state index contributed by atoms with van der Waals surface area (Å²) in [6.45, 7) is 3.82. The van der Waals surface area contributed by atoms with Crippen LogP contribution >= 0.6 is 0 Å². The summed E-state index contributed by atoms with van der Waals surface area (Å²) in [5.41, 5.74) is 1.31. The highest BCUT2D eigenvalue weighted by atomic mass is 16.3. The van der Waals surface area contributed by atoms with Gasteiger partial charge in [-0.05, 0) is 18.4 Å². The SMILES string of the molecule is OC1CCCN1CCNCc1ccccc1. The zero-order chi connectivity index (χ0) is 11.2. The molecule has 0 saturated carbocycles. The molecule has 1 saturated heterocycles. The molecule has 1 heterocycles. The summed E-state index contributed by atoms with van der Waals surface area (Å²) in [7, 11) is 0. The van der Waals surface area contributed by atoms with Crippen molar-refractivity contribution >= 4 is 0 Å². The Morgan fingerprint density at radius 3 is 2.81 bits per heavy atom. The Hall–Kier alpha value is -0.900. The number of hydrogen-bond acceptors (Lipinski definition) is 3. The Morgan fingerprint density at radius 1 is 1.31 bits per heavy atom. The van der Waals surface area contributed by atoms with Crippen molar-refractivity contribution in [3.05, 3.63) is 35.9 Å². The molecule has 2 N–H and O–H groups in total. The number of benzene rings is 1. The topological polar surface area (TPSA) is 35.5 Å². The highest BCUT2D eigenvalue weighted by molar-refractivity contribution is 5.14. The van der Waals surface area contributed by atoms with Gasteiger partial charge < -0.3 is 10.4 Å². The first kappa shape index (κ1) is 11.6. The van der Waals surface area contributed by atoms with Crippen LogP contribution in [-0.2, 0) is 6.54 Å². The van der Waals surface area contributed by atoms with Crippen LogP contribution in [0, 0.1) is 0 Å². The standard InChI is InChI=1S/C13H20N2O/c16-13-7-4-9-15(13)10-8-14-11-12-5-2-1-3-6-12/h1-3,5-6,13-14,16H,4,7-11H2. The number of hydrogen-bond donors (Lipinski definition) is 2. The van der Waals surface area contributed by atoms with Crippen LogP contribution in [-0.4, -0.2) is 35.9 Å². The molecule has 88 valence electrons. The van der Waals surface area contributed by atoms with E-state index in [1.807, 2.05) is 6.07 Å². The lowest BCUT2D eigenvalue weighted by molar-refractivity contribution is 0.0391. The van der Waals surface area contributed by atoms with E-state index in [1.165, 1.54) is 5.56 Å². The van der Waals surface area contributed by atoms with Crippen LogP contribution in [0.1, 0.15) is 18.4 Å². The number of aliphatic hydroxyl groups is 1. The molecule has 0 spiro atoms. The molecular weight excluding hydrogens is 200 g/mol. The fourth-order valence-corrected chi connectivity index (χ4v) is 2.12. The Labute approximate surface area is 97.1 Å². The van der Waals surface area contributed by atoms with E-state index in [-0.39, 0.29) is 6.23 Å². The van der Waals surface area contributed by atoms with Gasteiger partial charge in [0.25, 0.3) is 0 Å². The second-order valence-electron chi connectivity index (χ2n) is 4.32. The van der Waals surface area contributed by atoms with Gasteiger partial charge in [0.2, 0.25) is 0 Å². The molecule has 0 aromatic heterocycles. The Bertz CT molecular complexity index is 302. The van der Waals surface area contributed by atoms with Crippen LogP contribution in [0.5, 0.6) is 0 Å². The van der Waals surface area contributed by atoms with Crippen LogP contribution < -0.4 is 5.32 Å². The summed E-state index contributed by atoms with van der Waals surface area (Å²) >= 11 is 0. The Balaban J connectivity index is 1.62. The van der Waals surface area contributed by atoms with Gasteiger partial charge in [0.05, 0.1) is 0 Å². The fourth-order valence-electron chi connectivity index (χ4n) is 2.12. The maximum atomic E-state index is 9.60. The van der Waals surface area contributed by atoms with Crippen LogP contribution in [0.3, 0.4) is 0 Å². The van der Waals surface area contributed by atoms with Crippen LogP contribution in [0.15, 0.2) is 30.3 Å². The molecule has 3 heteroatoms. The number of rotatable bonds is 5. The molecule has 0 bridgehead atoms.